The topological polar surface area (TPSA) is 72.3 Å². The van der Waals surface area contributed by atoms with Crippen molar-refractivity contribution in [3.8, 4) is 5.88 Å². The van der Waals surface area contributed by atoms with E-state index in [1.165, 1.54) is 0 Å². The van der Waals surface area contributed by atoms with Gasteiger partial charge >= 0.3 is 13.0 Å². The summed E-state index contributed by atoms with van der Waals surface area (Å²) in [5.74, 6) is -2.06. The average molecular weight is 300 g/mol. The monoisotopic (exact) mass is 300 g/mol. The van der Waals surface area contributed by atoms with Crippen molar-refractivity contribution in [3.05, 3.63) is 17.6 Å². The summed E-state index contributed by atoms with van der Waals surface area (Å²) in [6.45, 7) is -4.25. The molecule has 1 unspecified atom stereocenters. The van der Waals surface area contributed by atoms with Crippen LogP contribution in [-0.4, -0.2) is 14.9 Å². The number of halogens is 3. The predicted molar refractivity (Wildman–Crippen MR) is 58.4 cm³/mol. The molecule has 1 saturated carbocycles. The third-order valence-corrected chi connectivity index (χ3v) is 2.85. The highest BCUT2D eigenvalue weighted by Gasteiger charge is 2.38. The van der Waals surface area contributed by atoms with Crippen LogP contribution in [0.25, 0.3) is 0 Å². The summed E-state index contributed by atoms with van der Waals surface area (Å²) in [5, 5.41) is 0. The lowest BCUT2D eigenvalue weighted by atomic mass is 10.3. The van der Waals surface area contributed by atoms with Crippen LogP contribution in [0.5, 0.6) is 5.88 Å². The molecule has 18 heavy (non-hydrogen) atoms. The number of nitrogens with zero attached hydrogens (tertiary/aromatic N) is 2. The maximum Gasteiger partial charge on any atom is 0.451 e. The van der Waals surface area contributed by atoms with Crippen LogP contribution in [0.2, 0.25) is 0 Å². The van der Waals surface area contributed by atoms with Gasteiger partial charge in [-0.05, 0) is 25.1 Å². The summed E-state index contributed by atoms with van der Waals surface area (Å²) in [4.78, 5) is 15.3. The summed E-state index contributed by atoms with van der Waals surface area (Å²) in [6.07, 6.45) is -3.28. The number of aromatic nitrogens is 2. The molecule has 0 bridgehead atoms. The molecule has 0 aromatic carbocycles. The van der Waals surface area contributed by atoms with E-state index < -0.39 is 24.7 Å². The van der Waals surface area contributed by atoms with Gasteiger partial charge in [0.05, 0.1) is 5.69 Å². The Bertz CT molecular complexity index is 515. The first kappa shape index (κ1) is 13.6. The zero-order chi connectivity index (χ0) is 13.6. The fraction of sp³-hybridized carbons (Fsp3) is 0.500. The van der Waals surface area contributed by atoms with Gasteiger partial charge in [-0.15, -0.1) is 0 Å². The van der Waals surface area contributed by atoms with E-state index in [1.807, 2.05) is 0 Å². The van der Waals surface area contributed by atoms with E-state index in [1.54, 1.807) is 0 Å². The Morgan fingerprint density at radius 1 is 1.44 bits per heavy atom. The van der Waals surface area contributed by atoms with Gasteiger partial charge in [0.1, 0.15) is 0 Å². The Balaban J connectivity index is 2.40. The van der Waals surface area contributed by atoms with Crippen LogP contribution >= 0.6 is 19.0 Å². The molecule has 0 radical (unpaired) electrons. The number of alkyl halides is 3. The Labute approximate surface area is 105 Å². The van der Waals surface area contributed by atoms with Crippen molar-refractivity contribution in [2.45, 2.75) is 24.9 Å². The van der Waals surface area contributed by atoms with Crippen molar-refractivity contribution in [3.63, 3.8) is 0 Å². The fourth-order valence-electron chi connectivity index (χ4n) is 1.33. The molecule has 1 N–H and O–H groups in total. The van der Waals surface area contributed by atoms with E-state index in [2.05, 4.69) is 26.7 Å². The van der Waals surface area contributed by atoms with Crippen molar-refractivity contribution in [2.75, 3.05) is 0 Å². The molecule has 0 spiro atoms. The molecule has 5 nitrogen and oxygen atoms in total. The molecule has 1 aromatic rings. The molecule has 1 aromatic heterocycles. The number of rotatable bonds is 3. The third-order valence-electron chi connectivity index (χ3n) is 2.18. The van der Waals surface area contributed by atoms with Gasteiger partial charge in [-0.2, -0.15) is 18.2 Å². The highest BCUT2D eigenvalue weighted by Crippen LogP contribution is 2.48. The minimum absolute atomic E-state index is 0.0746. The summed E-state index contributed by atoms with van der Waals surface area (Å²) in [7, 11) is 0. The predicted octanol–water partition coefficient (Wildman–Crippen LogP) is 2.78. The maximum absolute atomic E-state index is 12.5. The van der Waals surface area contributed by atoms with Crippen LogP contribution in [0.15, 0.2) is 6.07 Å². The molecule has 100 valence electrons. The van der Waals surface area contributed by atoms with Gasteiger partial charge < -0.3 is 9.42 Å². The molecule has 1 aliphatic rings. The summed E-state index contributed by atoms with van der Waals surface area (Å²) in [5.41, 5.74) is 0.161. The minimum Gasteiger partial charge on any atom is -0.399 e. The lowest BCUT2D eigenvalue weighted by molar-refractivity contribution is -0.145. The van der Waals surface area contributed by atoms with Crippen molar-refractivity contribution in [2.24, 2.45) is 0 Å². The minimum atomic E-state index is -4.74. The Morgan fingerprint density at radius 3 is 2.50 bits per heavy atom. The highest BCUT2D eigenvalue weighted by atomic mass is 32.7. The van der Waals surface area contributed by atoms with Crippen LogP contribution in [0, 0.1) is 0 Å². The lowest BCUT2D eigenvalue weighted by Gasteiger charge is -2.11. The zero-order valence-electron chi connectivity index (χ0n) is 8.76. The largest absolute Gasteiger partial charge is 0.451 e. The van der Waals surface area contributed by atoms with E-state index in [0.29, 0.717) is 0 Å². The first-order valence-corrected chi connectivity index (χ1v) is 7.59. The normalized spacial score (nSPS) is 19.4. The first-order valence-electron chi connectivity index (χ1n) is 4.86. The van der Waals surface area contributed by atoms with Crippen molar-refractivity contribution >= 4 is 19.0 Å². The molecule has 10 heteroatoms. The lowest BCUT2D eigenvalue weighted by Crippen LogP contribution is -2.13. The van der Waals surface area contributed by atoms with Gasteiger partial charge in [-0.1, -0.05) is 0 Å². The Hall–Kier alpha value is -0.790. The molecule has 1 aliphatic carbocycles. The van der Waals surface area contributed by atoms with Crippen molar-refractivity contribution in [1.29, 1.82) is 0 Å². The average Bonchev–Trinajstić information content (AvgIpc) is 2.95. The van der Waals surface area contributed by atoms with E-state index in [4.69, 9.17) is 4.89 Å². The zero-order valence-corrected chi connectivity index (χ0v) is 10.5. The van der Waals surface area contributed by atoms with Gasteiger partial charge in [0, 0.05) is 12.0 Å². The van der Waals surface area contributed by atoms with E-state index in [-0.39, 0.29) is 11.6 Å². The second-order valence-corrected chi connectivity index (χ2v) is 6.49. The van der Waals surface area contributed by atoms with Crippen LogP contribution in [0.3, 0.4) is 0 Å². The van der Waals surface area contributed by atoms with Gasteiger partial charge in [0.15, 0.2) is 0 Å². The van der Waals surface area contributed by atoms with Crippen LogP contribution in [0.1, 0.15) is 30.3 Å². The van der Waals surface area contributed by atoms with E-state index in [0.717, 1.165) is 18.9 Å². The van der Waals surface area contributed by atoms with Crippen LogP contribution in [0.4, 0.5) is 13.2 Å². The van der Waals surface area contributed by atoms with Gasteiger partial charge in [-0.25, -0.2) is 9.55 Å². The van der Waals surface area contributed by atoms with Crippen LogP contribution in [-0.2, 0) is 10.7 Å². The van der Waals surface area contributed by atoms with E-state index in [9.17, 15) is 17.7 Å². The Kier molecular flexibility index (Phi) is 3.33. The third kappa shape index (κ3) is 3.60. The summed E-state index contributed by atoms with van der Waals surface area (Å²) in [6, 6.07) is 1.13. The maximum atomic E-state index is 12.5. The fourth-order valence-corrected chi connectivity index (χ4v) is 1.91. The SMILES string of the molecule is O=P(O)(S)Oc1cc(C2CC2)nc(C(F)(F)F)n1. The Morgan fingerprint density at radius 2 is 2.06 bits per heavy atom. The van der Waals surface area contributed by atoms with E-state index >= 15 is 0 Å². The summed E-state index contributed by atoms with van der Waals surface area (Å²) >= 11 is 3.22. The van der Waals surface area contributed by atoms with Gasteiger partial charge in [0.25, 0.3) is 0 Å². The smallest absolute Gasteiger partial charge is 0.399 e. The second-order valence-electron chi connectivity index (χ2n) is 3.81. The summed E-state index contributed by atoms with van der Waals surface area (Å²) < 4.78 is 52.9. The van der Waals surface area contributed by atoms with Gasteiger partial charge in [-0.3, -0.25) is 0 Å². The van der Waals surface area contributed by atoms with Crippen LogP contribution < -0.4 is 4.52 Å². The molecule has 1 fully saturated rings. The molecular formula is C8H8F3N2O3PS. The second kappa shape index (κ2) is 4.40. The molecular weight excluding hydrogens is 292 g/mol. The highest BCUT2D eigenvalue weighted by molar-refractivity contribution is 8.44. The molecule has 0 amide bonds. The molecule has 1 heterocycles. The first-order chi connectivity index (χ1) is 8.15. The standard InChI is InChI=1S/C8H8F3N2O3PS/c9-8(10,11)7-12-5(4-1-2-4)3-6(13-7)16-17(14,15)18/h3-4H,1-2H2,(H2,14,15,18). The quantitative estimate of drug-likeness (QED) is 0.663. The number of hydrogen-bond donors (Lipinski definition) is 2. The van der Waals surface area contributed by atoms with Gasteiger partial charge in [0.2, 0.25) is 11.7 Å². The van der Waals surface area contributed by atoms with Crippen molar-refractivity contribution < 1.29 is 27.2 Å². The number of thiol groups is 1. The molecule has 1 atom stereocenters. The van der Waals surface area contributed by atoms with Crippen molar-refractivity contribution in [1.82, 2.24) is 9.97 Å². The number of hydrogen-bond acceptors (Lipinski definition) is 4. The molecule has 2 rings (SSSR count). The molecule has 0 saturated heterocycles. The molecule has 0 aliphatic heterocycles.